The highest BCUT2D eigenvalue weighted by molar-refractivity contribution is 7.91. The number of rotatable bonds is 4. The predicted octanol–water partition coefficient (Wildman–Crippen LogP) is 3.02. The Bertz CT molecular complexity index is 1000. The van der Waals surface area contributed by atoms with E-state index >= 15 is 0 Å². The van der Waals surface area contributed by atoms with Crippen molar-refractivity contribution in [3.8, 4) is 5.75 Å². The molecule has 2 aromatic carbocycles. The van der Waals surface area contributed by atoms with Gasteiger partial charge in [0.25, 0.3) is 0 Å². The smallest absolute Gasteiger partial charge is 0.355 e. The zero-order valence-corrected chi connectivity index (χ0v) is 13.2. The number of benzene rings is 2. The summed E-state index contributed by atoms with van der Waals surface area (Å²) in [5.74, 6) is 0.408. The van der Waals surface area contributed by atoms with Gasteiger partial charge in [-0.05, 0) is 31.2 Å². The highest BCUT2D eigenvalue weighted by Gasteiger charge is 2.23. The van der Waals surface area contributed by atoms with Crippen LogP contribution in [0.2, 0.25) is 0 Å². The molecule has 3 aromatic rings. The van der Waals surface area contributed by atoms with Crippen LogP contribution in [0.15, 0.2) is 73.6 Å². The van der Waals surface area contributed by atoms with Gasteiger partial charge in [0.15, 0.2) is 16.2 Å². The lowest BCUT2D eigenvalue weighted by atomic mass is 10.2. The van der Waals surface area contributed by atoms with E-state index in [4.69, 9.17) is 9.15 Å². The minimum absolute atomic E-state index is 0.0487. The Morgan fingerprint density at radius 3 is 2.48 bits per heavy atom. The average molecular weight is 330 g/mol. The molecule has 23 heavy (non-hydrogen) atoms. The number of hydrogen-bond donors (Lipinski definition) is 0. The lowest BCUT2D eigenvalue weighted by Gasteiger charge is -2.08. The molecular formula is C17H14O5S. The van der Waals surface area contributed by atoms with Crippen molar-refractivity contribution in [3.05, 3.63) is 65.0 Å². The van der Waals surface area contributed by atoms with Gasteiger partial charge in [-0.1, -0.05) is 30.3 Å². The highest BCUT2D eigenvalue weighted by Crippen LogP contribution is 2.27. The summed E-state index contributed by atoms with van der Waals surface area (Å²) < 4.78 is 35.9. The Morgan fingerprint density at radius 1 is 1.04 bits per heavy atom. The maximum Gasteiger partial charge on any atom is 0.355 e. The summed E-state index contributed by atoms with van der Waals surface area (Å²) in [5.41, 5.74) is -0.667. The summed E-state index contributed by atoms with van der Waals surface area (Å²) in [6, 6.07) is 14.2. The topological polar surface area (TPSA) is 73.6 Å². The van der Waals surface area contributed by atoms with Crippen LogP contribution in [0.3, 0.4) is 0 Å². The van der Waals surface area contributed by atoms with E-state index in [2.05, 4.69) is 0 Å². The molecule has 0 saturated heterocycles. The number of fused-ring (bicyclic) bond motifs is 1. The monoisotopic (exact) mass is 330 g/mol. The van der Waals surface area contributed by atoms with Gasteiger partial charge >= 0.3 is 5.63 Å². The molecule has 0 atom stereocenters. The van der Waals surface area contributed by atoms with Gasteiger partial charge in [-0.25, -0.2) is 13.2 Å². The van der Waals surface area contributed by atoms with Crippen molar-refractivity contribution < 1.29 is 17.6 Å². The predicted molar refractivity (Wildman–Crippen MR) is 85.5 cm³/mol. The fraction of sp³-hybridized carbons (Fsp3) is 0.118. The van der Waals surface area contributed by atoms with Gasteiger partial charge in [0, 0.05) is 5.39 Å². The second-order valence-corrected chi connectivity index (χ2v) is 6.74. The van der Waals surface area contributed by atoms with Crippen molar-refractivity contribution in [2.75, 3.05) is 6.61 Å². The molecule has 1 aromatic heterocycles. The Kier molecular flexibility index (Phi) is 3.92. The molecule has 0 bridgehead atoms. The summed E-state index contributed by atoms with van der Waals surface area (Å²) in [7, 11) is -3.93. The lowest BCUT2D eigenvalue weighted by molar-refractivity contribution is 0.336. The first-order valence-corrected chi connectivity index (χ1v) is 8.52. The summed E-state index contributed by atoms with van der Waals surface area (Å²) in [6.45, 7) is 2.22. The summed E-state index contributed by atoms with van der Waals surface area (Å²) in [4.78, 5) is 11.9. The minimum Gasteiger partial charge on any atom is -0.490 e. The van der Waals surface area contributed by atoms with E-state index in [0.29, 0.717) is 17.7 Å². The molecule has 0 amide bonds. The molecule has 118 valence electrons. The van der Waals surface area contributed by atoms with Crippen LogP contribution in [0.25, 0.3) is 11.0 Å². The molecule has 0 saturated carbocycles. The van der Waals surface area contributed by atoms with Gasteiger partial charge in [-0.2, -0.15) is 0 Å². The fourth-order valence-corrected chi connectivity index (χ4v) is 3.59. The number of sulfone groups is 1. The molecule has 5 nitrogen and oxygen atoms in total. The van der Waals surface area contributed by atoms with Gasteiger partial charge < -0.3 is 9.15 Å². The Hall–Kier alpha value is -2.60. The third-order valence-electron chi connectivity index (χ3n) is 3.33. The summed E-state index contributed by atoms with van der Waals surface area (Å²) in [6.07, 6.45) is 0. The maximum absolute atomic E-state index is 12.6. The van der Waals surface area contributed by atoms with Gasteiger partial charge in [0.05, 0.1) is 11.5 Å². The molecular weight excluding hydrogens is 316 g/mol. The van der Waals surface area contributed by atoms with Crippen molar-refractivity contribution >= 4 is 20.8 Å². The van der Waals surface area contributed by atoms with E-state index in [1.54, 1.807) is 36.4 Å². The van der Waals surface area contributed by atoms with Crippen LogP contribution in [-0.4, -0.2) is 15.0 Å². The van der Waals surface area contributed by atoms with Gasteiger partial charge in [0.1, 0.15) is 0 Å². The molecule has 1 heterocycles. The zero-order valence-electron chi connectivity index (χ0n) is 12.4. The summed E-state index contributed by atoms with van der Waals surface area (Å²) in [5, 5.41) is 0.491. The third-order valence-corrected chi connectivity index (χ3v) is 5.09. The van der Waals surface area contributed by atoms with Crippen LogP contribution in [-0.2, 0) is 9.84 Å². The largest absolute Gasteiger partial charge is 0.490 e. The molecule has 0 radical (unpaired) electrons. The first-order chi connectivity index (χ1) is 11.0. The molecule has 3 rings (SSSR count). The van der Waals surface area contributed by atoms with Gasteiger partial charge in [0.2, 0.25) is 9.84 Å². The van der Waals surface area contributed by atoms with Crippen molar-refractivity contribution in [2.24, 2.45) is 0 Å². The molecule has 0 fully saturated rings. The van der Waals surface area contributed by atoms with Crippen LogP contribution in [0, 0.1) is 0 Å². The number of para-hydroxylation sites is 1. The van der Waals surface area contributed by atoms with E-state index in [0.717, 1.165) is 0 Å². The maximum atomic E-state index is 12.6. The van der Waals surface area contributed by atoms with Crippen LogP contribution in [0.4, 0.5) is 0 Å². The van der Waals surface area contributed by atoms with Crippen molar-refractivity contribution in [3.63, 3.8) is 0 Å². The quantitative estimate of drug-likeness (QED) is 0.688. The van der Waals surface area contributed by atoms with Crippen LogP contribution in [0.5, 0.6) is 5.75 Å². The van der Waals surface area contributed by atoms with Gasteiger partial charge in [-0.15, -0.1) is 0 Å². The first kappa shape index (κ1) is 15.3. The van der Waals surface area contributed by atoms with Crippen LogP contribution < -0.4 is 10.4 Å². The van der Waals surface area contributed by atoms with E-state index < -0.39 is 15.5 Å². The molecule has 0 N–H and O–H groups in total. The first-order valence-electron chi connectivity index (χ1n) is 7.04. The van der Waals surface area contributed by atoms with Crippen molar-refractivity contribution in [1.29, 1.82) is 0 Å². The van der Waals surface area contributed by atoms with Crippen LogP contribution >= 0.6 is 0 Å². The van der Waals surface area contributed by atoms with Gasteiger partial charge in [-0.3, -0.25) is 0 Å². The fourth-order valence-electron chi connectivity index (χ4n) is 2.28. The van der Waals surface area contributed by atoms with E-state index in [1.807, 2.05) is 6.92 Å². The standard InChI is InChI=1S/C17H14O5S/c1-2-21-14-10-6-7-12-11-15(17(18)22-16(12)14)23(19,20)13-8-4-3-5-9-13/h3-11H,2H2,1H3. The lowest BCUT2D eigenvalue weighted by Crippen LogP contribution is -2.14. The van der Waals surface area contributed by atoms with E-state index in [9.17, 15) is 13.2 Å². The van der Waals surface area contributed by atoms with E-state index in [-0.39, 0.29) is 15.4 Å². The van der Waals surface area contributed by atoms with Crippen molar-refractivity contribution in [2.45, 2.75) is 16.7 Å². The highest BCUT2D eigenvalue weighted by atomic mass is 32.2. The average Bonchev–Trinajstić information content (AvgIpc) is 2.56. The third kappa shape index (κ3) is 2.73. The molecule has 0 aliphatic rings. The van der Waals surface area contributed by atoms with E-state index in [1.165, 1.54) is 18.2 Å². The normalized spacial score (nSPS) is 11.5. The zero-order chi connectivity index (χ0) is 16.4. The second kappa shape index (κ2) is 5.89. The van der Waals surface area contributed by atoms with Crippen molar-refractivity contribution in [1.82, 2.24) is 0 Å². The second-order valence-electron chi connectivity index (χ2n) is 4.82. The molecule has 6 heteroatoms. The molecule has 0 aliphatic heterocycles. The summed E-state index contributed by atoms with van der Waals surface area (Å²) >= 11 is 0. The SMILES string of the molecule is CCOc1cccc2cc(S(=O)(=O)c3ccccc3)c(=O)oc12. The Morgan fingerprint density at radius 2 is 1.78 bits per heavy atom. The van der Waals surface area contributed by atoms with Crippen LogP contribution in [0.1, 0.15) is 6.92 Å². The Labute approximate surface area is 133 Å². The number of ether oxygens (including phenoxy) is 1. The minimum atomic E-state index is -3.93. The molecule has 0 aliphatic carbocycles. The number of hydrogen-bond acceptors (Lipinski definition) is 5. The Balaban J connectivity index is 2.24. The molecule has 0 unspecified atom stereocenters. The molecule has 0 spiro atoms.